The smallest absolute Gasteiger partial charge is 0.128 e. The van der Waals surface area contributed by atoms with E-state index >= 15 is 0 Å². The Morgan fingerprint density at radius 3 is 2.53 bits per heavy atom. The number of hydrogen-bond donors (Lipinski definition) is 1. The van der Waals surface area contributed by atoms with Gasteiger partial charge < -0.3 is 5.32 Å². The molecule has 1 nitrogen and oxygen atoms in total. The summed E-state index contributed by atoms with van der Waals surface area (Å²) in [7, 11) is 0. The second-order valence-corrected chi connectivity index (χ2v) is 4.85. The zero-order chi connectivity index (χ0) is 13.8. The monoisotopic (exact) mass is 257 g/mol. The lowest BCUT2D eigenvalue weighted by Crippen LogP contribution is -2.11. The SMILES string of the molecule is CCc1cccc(C)c1NC(C)c1ccccc1F. The average Bonchev–Trinajstić information content (AvgIpc) is 2.41. The quantitative estimate of drug-likeness (QED) is 0.824. The molecule has 0 spiro atoms. The molecule has 0 saturated heterocycles. The molecule has 2 heteroatoms. The van der Waals surface area contributed by atoms with Crippen LogP contribution in [0.2, 0.25) is 0 Å². The van der Waals surface area contributed by atoms with Crippen LogP contribution in [0.3, 0.4) is 0 Å². The minimum absolute atomic E-state index is 0.0485. The zero-order valence-electron chi connectivity index (χ0n) is 11.7. The Hall–Kier alpha value is -1.83. The first-order valence-corrected chi connectivity index (χ1v) is 6.73. The molecule has 0 bridgehead atoms. The van der Waals surface area contributed by atoms with Crippen molar-refractivity contribution in [1.29, 1.82) is 0 Å². The van der Waals surface area contributed by atoms with Gasteiger partial charge >= 0.3 is 0 Å². The Kier molecular flexibility index (Phi) is 4.20. The first kappa shape index (κ1) is 13.6. The molecule has 0 fully saturated rings. The highest BCUT2D eigenvalue weighted by molar-refractivity contribution is 5.58. The highest BCUT2D eigenvalue weighted by Crippen LogP contribution is 2.27. The van der Waals surface area contributed by atoms with Gasteiger partial charge in [0.05, 0.1) is 6.04 Å². The van der Waals surface area contributed by atoms with E-state index in [9.17, 15) is 4.39 Å². The van der Waals surface area contributed by atoms with E-state index in [0.29, 0.717) is 5.56 Å². The molecule has 0 aliphatic rings. The molecule has 0 aliphatic heterocycles. The van der Waals surface area contributed by atoms with Crippen molar-refractivity contribution in [3.63, 3.8) is 0 Å². The molecule has 2 aromatic carbocycles. The van der Waals surface area contributed by atoms with Gasteiger partial charge in [-0.2, -0.15) is 0 Å². The molecular formula is C17H20FN. The van der Waals surface area contributed by atoms with Crippen molar-refractivity contribution in [2.75, 3.05) is 5.32 Å². The Morgan fingerprint density at radius 2 is 1.84 bits per heavy atom. The van der Waals surface area contributed by atoms with E-state index in [0.717, 1.165) is 12.1 Å². The van der Waals surface area contributed by atoms with E-state index < -0.39 is 0 Å². The molecule has 1 atom stereocenters. The first-order chi connectivity index (χ1) is 9.13. The molecule has 0 amide bonds. The highest BCUT2D eigenvalue weighted by atomic mass is 19.1. The van der Waals surface area contributed by atoms with Gasteiger partial charge in [0.2, 0.25) is 0 Å². The second-order valence-electron chi connectivity index (χ2n) is 4.85. The lowest BCUT2D eigenvalue weighted by molar-refractivity contribution is 0.600. The number of benzene rings is 2. The molecule has 100 valence electrons. The maximum Gasteiger partial charge on any atom is 0.128 e. The largest absolute Gasteiger partial charge is 0.378 e. The predicted octanol–water partition coefficient (Wildman–Crippen LogP) is 4.87. The average molecular weight is 257 g/mol. The van der Waals surface area contributed by atoms with E-state index in [-0.39, 0.29) is 11.9 Å². The number of para-hydroxylation sites is 1. The van der Waals surface area contributed by atoms with Crippen molar-refractivity contribution in [2.45, 2.75) is 33.2 Å². The standard InChI is InChI=1S/C17H20FN/c1-4-14-9-7-8-12(2)17(14)19-13(3)15-10-5-6-11-16(15)18/h5-11,13,19H,4H2,1-3H3. The number of hydrogen-bond acceptors (Lipinski definition) is 1. The van der Waals surface area contributed by atoms with Gasteiger partial charge in [0, 0.05) is 11.3 Å². The summed E-state index contributed by atoms with van der Waals surface area (Å²) in [4.78, 5) is 0. The minimum Gasteiger partial charge on any atom is -0.378 e. The molecule has 0 aliphatic carbocycles. The van der Waals surface area contributed by atoms with Crippen LogP contribution in [-0.4, -0.2) is 0 Å². The van der Waals surface area contributed by atoms with Crippen LogP contribution in [0.15, 0.2) is 42.5 Å². The van der Waals surface area contributed by atoms with Crippen molar-refractivity contribution >= 4 is 5.69 Å². The number of halogens is 1. The van der Waals surface area contributed by atoms with Crippen LogP contribution in [-0.2, 0) is 6.42 Å². The van der Waals surface area contributed by atoms with Crippen LogP contribution in [0.1, 0.15) is 36.6 Å². The molecule has 2 aromatic rings. The molecule has 0 heterocycles. The van der Waals surface area contributed by atoms with Gasteiger partial charge in [-0.15, -0.1) is 0 Å². The normalized spacial score (nSPS) is 12.2. The van der Waals surface area contributed by atoms with Crippen molar-refractivity contribution in [1.82, 2.24) is 0 Å². The van der Waals surface area contributed by atoms with Crippen LogP contribution in [0, 0.1) is 12.7 Å². The maximum absolute atomic E-state index is 13.8. The van der Waals surface area contributed by atoms with Crippen LogP contribution in [0.25, 0.3) is 0 Å². The lowest BCUT2D eigenvalue weighted by atomic mass is 10.0. The molecule has 1 unspecified atom stereocenters. The van der Waals surface area contributed by atoms with E-state index in [2.05, 4.69) is 37.4 Å². The number of rotatable bonds is 4. The number of nitrogens with one attached hydrogen (secondary N) is 1. The Labute approximate surface area is 114 Å². The second kappa shape index (κ2) is 5.87. The third-order valence-corrected chi connectivity index (χ3v) is 3.47. The summed E-state index contributed by atoms with van der Waals surface area (Å²) in [6.45, 7) is 6.20. The summed E-state index contributed by atoms with van der Waals surface area (Å²) < 4.78 is 13.8. The highest BCUT2D eigenvalue weighted by Gasteiger charge is 2.12. The van der Waals surface area contributed by atoms with Gasteiger partial charge in [-0.3, -0.25) is 0 Å². The van der Waals surface area contributed by atoms with E-state index in [1.54, 1.807) is 6.07 Å². The van der Waals surface area contributed by atoms with Crippen LogP contribution in [0.5, 0.6) is 0 Å². The van der Waals surface area contributed by atoms with E-state index in [1.807, 2.05) is 19.1 Å². The predicted molar refractivity (Wildman–Crippen MR) is 79.0 cm³/mol. The summed E-state index contributed by atoms with van der Waals surface area (Å²) in [5, 5.41) is 3.45. The van der Waals surface area contributed by atoms with Crippen molar-refractivity contribution in [3.05, 3.63) is 65.0 Å². The summed E-state index contributed by atoms with van der Waals surface area (Å²) in [6, 6.07) is 13.1. The van der Waals surface area contributed by atoms with E-state index in [4.69, 9.17) is 0 Å². The fourth-order valence-corrected chi connectivity index (χ4v) is 2.35. The molecule has 19 heavy (non-hydrogen) atoms. The van der Waals surface area contributed by atoms with Gasteiger partial charge in [-0.05, 0) is 37.5 Å². The molecule has 2 rings (SSSR count). The van der Waals surface area contributed by atoms with Gasteiger partial charge in [0.25, 0.3) is 0 Å². The number of aryl methyl sites for hydroxylation is 2. The summed E-state index contributed by atoms with van der Waals surface area (Å²) in [6.07, 6.45) is 0.966. The van der Waals surface area contributed by atoms with Crippen LogP contribution < -0.4 is 5.32 Å². The lowest BCUT2D eigenvalue weighted by Gasteiger charge is -2.20. The number of anilines is 1. The molecule has 0 radical (unpaired) electrons. The van der Waals surface area contributed by atoms with Crippen LogP contribution in [0.4, 0.5) is 10.1 Å². The molecular weight excluding hydrogens is 237 g/mol. The Bertz CT molecular complexity index is 563. The zero-order valence-corrected chi connectivity index (χ0v) is 11.7. The fourth-order valence-electron chi connectivity index (χ4n) is 2.35. The Balaban J connectivity index is 2.29. The van der Waals surface area contributed by atoms with Crippen molar-refractivity contribution in [3.8, 4) is 0 Å². The van der Waals surface area contributed by atoms with E-state index in [1.165, 1.54) is 17.2 Å². The van der Waals surface area contributed by atoms with Crippen molar-refractivity contribution in [2.24, 2.45) is 0 Å². The molecule has 1 N–H and O–H groups in total. The van der Waals surface area contributed by atoms with Crippen LogP contribution >= 0.6 is 0 Å². The summed E-state index contributed by atoms with van der Waals surface area (Å²) >= 11 is 0. The first-order valence-electron chi connectivity index (χ1n) is 6.73. The maximum atomic E-state index is 13.8. The minimum atomic E-state index is -0.158. The topological polar surface area (TPSA) is 12.0 Å². The Morgan fingerprint density at radius 1 is 1.11 bits per heavy atom. The van der Waals surface area contributed by atoms with Gasteiger partial charge in [0.1, 0.15) is 5.82 Å². The summed E-state index contributed by atoms with van der Waals surface area (Å²) in [5.41, 5.74) is 4.29. The molecule has 0 aromatic heterocycles. The fraction of sp³-hybridized carbons (Fsp3) is 0.294. The van der Waals surface area contributed by atoms with Gasteiger partial charge in [-0.25, -0.2) is 4.39 Å². The van der Waals surface area contributed by atoms with Gasteiger partial charge in [0.15, 0.2) is 0 Å². The van der Waals surface area contributed by atoms with Gasteiger partial charge in [-0.1, -0.05) is 43.3 Å². The molecule has 0 saturated carbocycles. The third kappa shape index (κ3) is 2.95. The third-order valence-electron chi connectivity index (χ3n) is 3.47. The summed E-state index contributed by atoms with van der Waals surface area (Å²) in [5.74, 6) is -0.158. The van der Waals surface area contributed by atoms with Crippen molar-refractivity contribution < 1.29 is 4.39 Å².